The largest absolute Gasteiger partial charge is 0.391 e. The molecule has 0 aliphatic carbocycles. The van der Waals surface area contributed by atoms with Gasteiger partial charge in [-0.2, -0.15) is 0 Å². The number of rotatable bonds is 5. The number of amides is 1. The molecule has 1 aromatic rings. The lowest BCUT2D eigenvalue weighted by molar-refractivity contribution is -0.121. The Kier molecular flexibility index (Phi) is 5.10. The van der Waals surface area contributed by atoms with Crippen molar-refractivity contribution in [1.29, 1.82) is 0 Å². The molecule has 0 aliphatic heterocycles. The third kappa shape index (κ3) is 4.95. The molecular formula is C13H18FNO2. The van der Waals surface area contributed by atoms with E-state index < -0.39 is 6.10 Å². The Morgan fingerprint density at radius 3 is 2.47 bits per heavy atom. The smallest absolute Gasteiger partial charge is 0.224 e. The molecule has 0 saturated carbocycles. The Balaban J connectivity index is 2.37. The second-order valence-corrected chi connectivity index (χ2v) is 4.42. The lowest BCUT2D eigenvalue weighted by atomic mass is 10.1. The number of nitrogens with one attached hydrogen (secondary N) is 1. The summed E-state index contributed by atoms with van der Waals surface area (Å²) in [5.41, 5.74) is 0.753. The van der Waals surface area contributed by atoms with Gasteiger partial charge in [0.1, 0.15) is 5.82 Å². The fourth-order valence-corrected chi connectivity index (χ4v) is 1.30. The fourth-order valence-electron chi connectivity index (χ4n) is 1.30. The average molecular weight is 239 g/mol. The van der Waals surface area contributed by atoms with Crippen molar-refractivity contribution < 1.29 is 14.3 Å². The van der Waals surface area contributed by atoms with Crippen LogP contribution in [0.1, 0.15) is 19.4 Å². The highest BCUT2D eigenvalue weighted by molar-refractivity contribution is 5.78. The Bertz CT molecular complexity index is 362. The Morgan fingerprint density at radius 1 is 1.35 bits per heavy atom. The van der Waals surface area contributed by atoms with Crippen LogP contribution in [0.2, 0.25) is 0 Å². The summed E-state index contributed by atoms with van der Waals surface area (Å²) in [5, 5.41) is 12.2. The van der Waals surface area contributed by atoms with Crippen molar-refractivity contribution >= 4 is 5.91 Å². The molecule has 0 heterocycles. The maximum Gasteiger partial charge on any atom is 0.224 e. The van der Waals surface area contributed by atoms with Gasteiger partial charge in [-0.3, -0.25) is 4.79 Å². The lowest BCUT2D eigenvalue weighted by Gasteiger charge is -2.14. The maximum atomic E-state index is 12.6. The molecule has 0 saturated heterocycles. The van der Waals surface area contributed by atoms with Gasteiger partial charge in [0.25, 0.3) is 0 Å². The first-order chi connectivity index (χ1) is 7.99. The summed E-state index contributed by atoms with van der Waals surface area (Å²) in [4.78, 5) is 11.5. The first-order valence-corrected chi connectivity index (χ1v) is 5.68. The first-order valence-electron chi connectivity index (χ1n) is 5.68. The van der Waals surface area contributed by atoms with Crippen molar-refractivity contribution in [2.45, 2.75) is 26.4 Å². The van der Waals surface area contributed by atoms with E-state index in [9.17, 15) is 14.3 Å². The zero-order valence-electron chi connectivity index (χ0n) is 10.1. The number of benzene rings is 1. The third-order valence-corrected chi connectivity index (χ3v) is 2.56. The molecule has 17 heavy (non-hydrogen) atoms. The molecule has 2 N–H and O–H groups in total. The van der Waals surface area contributed by atoms with E-state index in [0.717, 1.165) is 5.56 Å². The summed E-state index contributed by atoms with van der Waals surface area (Å²) in [6.07, 6.45) is -0.336. The fraction of sp³-hybridized carbons (Fsp3) is 0.462. The summed E-state index contributed by atoms with van der Waals surface area (Å²) in [6, 6.07) is 5.80. The molecule has 3 nitrogen and oxygen atoms in total. The topological polar surface area (TPSA) is 49.3 Å². The molecule has 0 aliphatic rings. The van der Waals surface area contributed by atoms with Crippen LogP contribution in [0, 0.1) is 11.7 Å². The highest BCUT2D eigenvalue weighted by Crippen LogP contribution is 2.04. The number of halogens is 1. The van der Waals surface area contributed by atoms with Crippen LogP contribution in [-0.4, -0.2) is 23.7 Å². The van der Waals surface area contributed by atoms with Crippen LogP contribution in [-0.2, 0) is 11.2 Å². The molecule has 1 amide bonds. The van der Waals surface area contributed by atoms with Crippen molar-refractivity contribution in [3.05, 3.63) is 35.6 Å². The molecule has 0 spiro atoms. The number of hydrogen-bond donors (Lipinski definition) is 2. The Hall–Kier alpha value is -1.42. The molecule has 94 valence electrons. The molecule has 1 atom stereocenters. The van der Waals surface area contributed by atoms with E-state index in [1.165, 1.54) is 12.1 Å². The number of carbonyl (C=O) groups excluding carboxylic acids is 1. The van der Waals surface area contributed by atoms with E-state index in [1.807, 2.05) is 13.8 Å². The van der Waals surface area contributed by atoms with Gasteiger partial charge >= 0.3 is 0 Å². The van der Waals surface area contributed by atoms with Crippen LogP contribution in [0.15, 0.2) is 24.3 Å². The van der Waals surface area contributed by atoms with E-state index >= 15 is 0 Å². The van der Waals surface area contributed by atoms with Gasteiger partial charge in [-0.15, -0.1) is 0 Å². The van der Waals surface area contributed by atoms with Crippen LogP contribution in [0.4, 0.5) is 4.39 Å². The van der Waals surface area contributed by atoms with Crippen LogP contribution in [0.5, 0.6) is 0 Å². The highest BCUT2D eigenvalue weighted by Gasteiger charge is 2.10. The second kappa shape index (κ2) is 6.35. The quantitative estimate of drug-likeness (QED) is 0.818. The molecule has 0 fully saturated rings. The minimum Gasteiger partial charge on any atom is -0.391 e. The van der Waals surface area contributed by atoms with Gasteiger partial charge in [0.2, 0.25) is 5.91 Å². The van der Waals surface area contributed by atoms with E-state index in [2.05, 4.69) is 5.32 Å². The number of hydrogen-bond acceptors (Lipinski definition) is 2. The van der Waals surface area contributed by atoms with Crippen molar-refractivity contribution in [2.24, 2.45) is 5.92 Å². The van der Waals surface area contributed by atoms with Crippen LogP contribution in [0.3, 0.4) is 0 Å². The monoisotopic (exact) mass is 239 g/mol. The van der Waals surface area contributed by atoms with E-state index in [4.69, 9.17) is 0 Å². The number of aliphatic hydroxyl groups excluding tert-OH is 1. The van der Waals surface area contributed by atoms with Crippen molar-refractivity contribution in [2.75, 3.05) is 6.54 Å². The van der Waals surface area contributed by atoms with Gasteiger partial charge in [-0.25, -0.2) is 4.39 Å². The molecular weight excluding hydrogens is 221 g/mol. The van der Waals surface area contributed by atoms with Crippen LogP contribution >= 0.6 is 0 Å². The van der Waals surface area contributed by atoms with Gasteiger partial charge < -0.3 is 10.4 Å². The highest BCUT2D eigenvalue weighted by atomic mass is 19.1. The zero-order chi connectivity index (χ0) is 12.8. The standard InChI is InChI=1S/C13H18FNO2/c1-9(2)12(16)8-15-13(17)7-10-3-5-11(14)6-4-10/h3-6,9,12,16H,7-8H2,1-2H3,(H,15,17). The first kappa shape index (κ1) is 13.6. The van der Waals surface area contributed by atoms with Gasteiger partial charge in [-0.05, 0) is 23.6 Å². The molecule has 1 aromatic carbocycles. The minimum atomic E-state index is -0.535. The predicted molar refractivity (Wildman–Crippen MR) is 64.0 cm³/mol. The molecule has 0 aromatic heterocycles. The van der Waals surface area contributed by atoms with Crippen molar-refractivity contribution in [1.82, 2.24) is 5.32 Å². The Labute approximate surface area is 101 Å². The lowest BCUT2D eigenvalue weighted by Crippen LogP contribution is -2.35. The van der Waals surface area contributed by atoms with E-state index in [-0.39, 0.29) is 30.6 Å². The van der Waals surface area contributed by atoms with Crippen LogP contribution in [0.25, 0.3) is 0 Å². The summed E-state index contributed by atoms with van der Waals surface area (Å²) in [6.45, 7) is 4.02. The van der Waals surface area contributed by atoms with E-state index in [0.29, 0.717) is 0 Å². The van der Waals surface area contributed by atoms with Crippen molar-refractivity contribution in [3.8, 4) is 0 Å². The Morgan fingerprint density at radius 2 is 1.94 bits per heavy atom. The second-order valence-electron chi connectivity index (χ2n) is 4.42. The molecule has 4 heteroatoms. The SMILES string of the molecule is CC(C)C(O)CNC(=O)Cc1ccc(F)cc1. The maximum absolute atomic E-state index is 12.6. The van der Waals surface area contributed by atoms with E-state index in [1.54, 1.807) is 12.1 Å². The molecule has 1 unspecified atom stereocenters. The van der Waals surface area contributed by atoms with Crippen LogP contribution < -0.4 is 5.32 Å². The summed E-state index contributed by atoms with van der Waals surface area (Å²) >= 11 is 0. The number of aliphatic hydroxyl groups is 1. The predicted octanol–water partition coefficient (Wildman–Crippen LogP) is 1.50. The zero-order valence-corrected chi connectivity index (χ0v) is 10.1. The summed E-state index contributed by atoms with van der Waals surface area (Å²) in [7, 11) is 0. The third-order valence-electron chi connectivity index (χ3n) is 2.56. The number of carbonyl (C=O) groups is 1. The molecule has 0 bridgehead atoms. The summed E-state index contributed by atoms with van der Waals surface area (Å²) < 4.78 is 12.6. The molecule has 0 radical (unpaired) electrons. The van der Waals surface area contributed by atoms with Crippen molar-refractivity contribution in [3.63, 3.8) is 0 Å². The van der Waals surface area contributed by atoms with Gasteiger partial charge in [0, 0.05) is 6.54 Å². The molecule has 1 rings (SSSR count). The average Bonchev–Trinajstić information content (AvgIpc) is 2.29. The summed E-state index contributed by atoms with van der Waals surface area (Å²) in [5.74, 6) is -0.373. The normalized spacial score (nSPS) is 12.5. The van der Waals surface area contributed by atoms with Gasteiger partial charge in [-0.1, -0.05) is 26.0 Å². The van der Waals surface area contributed by atoms with Gasteiger partial charge in [0.15, 0.2) is 0 Å². The van der Waals surface area contributed by atoms with Gasteiger partial charge in [0.05, 0.1) is 12.5 Å². The minimum absolute atomic E-state index is 0.112.